The van der Waals surface area contributed by atoms with E-state index in [0.717, 1.165) is 6.42 Å². The fourth-order valence-electron chi connectivity index (χ4n) is 2.59. The Kier molecular flexibility index (Phi) is 10.3. The molecule has 1 saturated carbocycles. The zero-order chi connectivity index (χ0) is 13.5. The van der Waals surface area contributed by atoms with Crippen LogP contribution in [0.4, 0.5) is 0 Å². The second-order valence-electron chi connectivity index (χ2n) is 5.40. The number of rotatable bonds is 7. The number of aliphatic hydroxyl groups is 2. The first kappa shape index (κ1) is 19.4. The molecule has 0 bridgehead atoms. The molecule has 3 atom stereocenters. The Bertz CT molecular complexity index is 259. The van der Waals surface area contributed by atoms with Crippen molar-refractivity contribution in [2.45, 2.75) is 69.6 Å². The van der Waals surface area contributed by atoms with Gasteiger partial charge in [-0.05, 0) is 18.8 Å². The van der Waals surface area contributed by atoms with Crippen LogP contribution < -0.4 is 5.73 Å². The van der Waals surface area contributed by atoms with Crippen LogP contribution >= 0.6 is 0 Å². The standard InChI is InChI=1S/C13H25NO4.Na.H/c14-10(13(17)18)8-12(16)11(15)7-6-9-4-2-1-3-5-9;;/h9-12,15-16H,1-8,14H2,(H,17,18);;/t10-,11?,12-;;/m0../s1. The number of hydrogen-bond acceptors (Lipinski definition) is 4. The summed E-state index contributed by atoms with van der Waals surface area (Å²) in [5, 5.41) is 28.1. The van der Waals surface area contributed by atoms with Crippen LogP contribution in [0.5, 0.6) is 0 Å². The van der Waals surface area contributed by atoms with E-state index < -0.39 is 24.2 Å². The Morgan fingerprint density at radius 3 is 2.26 bits per heavy atom. The number of carboxylic acid groups (broad SMARTS) is 1. The van der Waals surface area contributed by atoms with Crippen molar-refractivity contribution in [3.8, 4) is 0 Å². The predicted molar refractivity (Wildman–Crippen MR) is 75.2 cm³/mol. The SMILES string of the molecule is N[C@@H](C[C@H](O)C(O)CCC1CCCCC1)C(=O)O.[NaH]. The van der Waals surface area contributed by atoms with Crippen molar-refractivity contribution in [3.05, 3.63) is 0 Å². The maximum atomic E-state index is 10.5. The Morgan fingerprint density at radius 1 is 1.16 bits per heavy atom. The number of carbonyl (C=O) groups is 1. The third-order valence-electron chi connectivity index (χ3n) is 3.85. The van der Waals surface area contributed by atoms with E-state index in [9.17, 15) is 15.0 Å². The molecule has 0 aliphatic heterocycles. The molecule has 6 heteroatoms. The second-order valence-corrected chi connectivity index (χ2v) is 5.40. The first-order valence-corrected chi connectivity index (χ1v) is 6.85. The molecule has 0 aromatic heterocycles. The van der Waals surface area contributed by atoms with Gasteiger partial charge >= 0.3 is 35.5 Å². The molecule has 108 valence electrons. The molecule has 0 saturated heterocycles. The molecule has 19 heavy (non-hydrogen) atoms. The Hall–Kier alpha value is 0.350. The topological polar surface area (TPSA) is 104 Å². The van der Waals surface area contributed by atoms with Gasteiger partial charge in [-0.2, -0.15) is 0 Å². The number of nitrogens with two attached hydrogens (primary N) is 1. The van der Waals surface area contributed by atoms with Gasteiger partial charge in [0.25, 0.3) is 0 Å². The first-order valence-electron chi connectivity index (χ1n) is 6.85. The van der Waals surface area contributed by atoms with E-state index in [2.05, 4.69) is 0 Å². The molecule has 1 unspecified atom stereocenters. The summed E-state index contributed by atoms with van der Waals surface area (Å²) in [6.45, 7) is 0. The molecule has 5 N–H and O–H groups in total. The molecule has 0 heterocycles. The average Bonchev–Trinajstić information content (AvgIpc) is 2.36. The summed E-state index contributed by atoms with van der Waals surface area (Å²) >= 11 is 0. The molecule has 0 aromatic rings. The molecule has 0 aromatic carbocycles. The third kappa shape index (κ3) is 7.63. The quantitative estimate of drug-likeness (QED) is 0.500. The van der Waals surface area contributed by atoms with Gasteiger partial charge in [-0.15, -0.1) is 0 Å². The molecule has 0 spiro atoms. The average molecular weight is 283 g/mol. The summed E-state index contributed by atoms with van der Waals surface area (Å²) in [6.07, 6.45) is 5.65. The van der Waals surface area contributed by atoms with Crippen LogP contribution in [0.25, 0.3) is 0 Å². The molecule has 1 rings (SSSR count). The fourth-order valence-corrected chi connectivity index (χ4v) is 2.59. The molecule has 0 radical (unpaired) electrons. The zero-order valence-corrected chi connectivity index (χ0v) is 10.8. The Balaban J connectivity index is 0.00000324. The summed E-state index contributed by atoms with van der Waals surface area (Å²) in [6, 6.07) is -1.11. The molecular weight excluding hydrogens is 257 g/mol. The summed E-state index contributed by atoms with van der Waals surface area (Å²) in [7, 11) is 0. The van der Waals surface area contributed by atoms with Crippen molar-refractivity contribution < 1.29 is 20.1 Å². The molecule has 1 fully saturated rings. The van der Waals surface area contributed by atoms with Gasteiger partial charge in [0.1, 0.15) is 6.04 Å². The number of aliphatic hydroxyl groups excluding tert-OH is 2. The van der Waals surface area contributed by atoms with Gasteiger partial charge in [0, 0.05) is 6.42 Å². The summed E-state index contributed by atoms with van der Waals surface area (Å²) < 4.78 is 0. The Labute approximate surface area is 136 Å². The van der Waals surface area contributed by atoms with Gasteiger partial charge in [-0.1, -0.05) is 32.1 Å². The van der Waals surface area contributed by atoms with Crippen LogP contribution in [0.3, 0.4) is 0 Å². The summed E-state index contributed by atoms with van der Waals surface area (Å²) in [5.74, 6) is -0.498. The van der Waals surface area contributed by atoms with E-state index in [0.29, 0.717) is 12.3 Å². The normalized spacial score (nSPS) is 21.2. The van der Waals surface area contributed by atoms with Crippen LogP contribution in [0.1, 0.15) is 51.4 Å². The fraction of sp³-hybridized carbons (Fsp3) is 0.923. The van der Waals surface area contributed by atoms with Crippen molar-refractivity contribution >= 4 is 35.5 Å². The van der Waals surface area contributed by atoms with E-state index in [1.165, 1.54) is 32.1 Å². The molecular formula is C13H26NNaO4. The van der Waals surface area contributed by atoms with E-state index >= 15 is 0 Å². The van der Waals surface area contributed by atoms with E-state index in [1.54, 1.807) is 0 Å². The number of carboxylic acids is 1. The second kappa shape index (κ2) is 10.1. The van der Waals surface area contributed by atoms with Crippen molar-refractivity contribution in [2.75, 3.05) is 0 Å². The van der Waals surface area contributed by atoms with Crippen LogP contribution in [0.15, 0.2) is 0 Å². The summed E-state index contributed by atoms with van der Waals surface area (Å²) in [5.41, 5.74) is 5.32. The van der Waals surface area contributed by atoms with Crippen molar-refractivity contribution in [3.63, 3.8) is 0 Å². The van der Waals surface area contributed by atoms with Crippen molar-refractivity contribution in [1.29, 1.82) is 0 Å². The first-order chi connectivity index (χ1) is 8.50. The number of aliphatic carboxylic acids is 1. The summed E-state index contributed by atoms with van der Waals surface area (Å²) in [4.78, 5) is 10.5. The van der Waals surface area contributed by atoms with Crippen LogP contribution in [0, 0.1) is 5.92 Å². The van der Waals surface area contributed by atoms with Gasteiger partial charge in [0.2, 0.25) is 0 Å². The predicted octanol–water partition coefficient (Wildman–Crippen LogP) is 0.222. The van der Waals surface area contributed by atoms with Crippen LogP contribution in [0.2, 0.25) is 0 Å². The van der Waals surface area contributed by atoms with E-state index in [4.69, 9.17) is 10.8 Å². The van der Waals surface area contributed by atoms with Crippen molar-refractivity contribution in [2.24, 2.45) is 11.7 Å². The van der Waals surface area contributed by atoms with Gasteiger partial charge in [0.05, 0.1) is 12.2 Å². The van der Waals surface area contributed by atoms with Gasteiger partial charge in [-0.3, -0.25) is 4.79 Å². The van der Waals surface area contributed by atoms with E-state index in [1.807, 2.05) is 0 Å². The van der Waals surface area contributed by atoms with E-state index in [-0.39, 0.29) is 36.0 Å². The monoisotopic (exact) mass is 283 g/mol. The van der Waals surface area contributed by atoms with Gasteiger partial charge < -0.3 is 21.1 Å². The third-order valence-corrected chi connectivity index (χ3v) is 3.85. The molecule has 5 nitrogen and oxygen atoms in total. The zero-order valence-electron chi connectivity index (χ0n) is 10.8. The van der Waals surface area contributed by atoms with Gasteiger partial charge in [0.15, 0.2) is 0 Å². The van der Waals surface area contributed by atoms with Gasteiger partial charge in [-0.25, -0.2) is 0 Å². The van der Waals surface area contributed by atoms with Crippen LogP contribution in [-0.4, -0.2) is 69.1 Å². The molecule has 1 aliphatic rings. The van der Waals surface area contributed by atoms with Crippen molar-refractivity contribution in [1.82, 2.24) is 0 Å². The number of hydrogen-bond donors (Lipinski definition) is 4. The molecule has 0 amide bonds. The minimum atomic E-state index is -1.14. The van der Waals surface area contributed by atoms with Crippen LogP contribution in [-0.2, 0) is 4.79 Å². The maximum absolute atomic E-state index is 10.5. The Morgan fingerprint density at radius 2 is 1.74 bits per heavy atom. The minimum absolute atomic E-state index is 0. The molecule has 1 aliphatic carbocycles.